The summed E-state index contributed by atoms with van der Waals surface area (Å²) in [4.78, 5) is 24.9. The fraction of sp³-hybridized carbons (Fsp3) is 0.818. The monoisotopic (exact) mass is 934 g/mol. The smallest absolute Gasteiger partial charge is 0.305 e. The highest BCUT2D eigenvalue weighted by molar-refractivity contribution is 5.76. The van der Waals surface area contributed by atoms with Crippen molar-refractivity contribution < 1.29 is 49.3 Å². The fourth-order valence-corrected chi connectivity index (χ4v) is 8.01. The van der Waals surface area contributed by atoms with Crippen LogP contribution in [0.25, 0.3) is 0 Å². The molecule has 7 atom stereocenters. The summed E-state index contributed by atoms with van der Waals surface area (Å²) in [7, 11) is 0. The Balaban J connectivity index is 2.10. The third-order valence-electron chi connectivity index (χ3n) is 12.4. The van der Waals surface area contributed by atoms with Crippen LogP contribution in [0.5, 0.6) is 0 Å². The highest BCUT2D eigenvalue weighted by atomic mass is 16.7. The quantitative estimate of drug-likeness (QED) is 0.0196. The van der Waals surface area contributed by atoms with E-state index in [-0.39, 0.29) is 18.5 Å². The summed E-state index contributed by atoms with van der Waals surface area (Å²) in [5.41, 5.74) is 0. The van der Waals surface area contributed by atoms with Crippen LogP contribution in [0.1, 0.15) is 226 Å². The number of hydrogen-bond donors (Lipinski definition) is 6. The molecule has 1 aliphatic rings. The molecule has 0 saturated carbocycles. The minimum atomic E-state index is -1.58. The molecule has 6 N–H and O–H groups in total. The van der Waals surface area contributed by atoms with Crippen molar-refractivity contribution in [2.45, 2.75) is 269 Å². The molecule has 66 heavy (non-hydrogen) atoms. The van der Waals surface area contributed by atoms with Crippen LogP contribution in [0.3, 0.4) is 0 Å². The normalized spacial score (nSPS) is 20.0. The predicted molar refractivity (Wildman–Crippen MR) is 269 cm³/mol. The fourth-order valence-electron chi connectivity index (χ4n) is 8.01. The Morgan fingerprint density at radius 2 is 1.00 bits per heavy atom. The Kier molecular flexibility index (Phi) is 42.1. The van der Waals surface area contributed by atoms with Gasteiger partial charge in [-0.2, -0.15) is 0 Å². The zero-order chi connectivity index (χ0) is 48.1. The van der Waals surface area contributed by atoms with Crippen LogP contribution in [0.2, 0.25) is 0 Å². The van der Waals surface area contributed by atoms with Crippen molar-refractivity contribution in [2.24, 2.45) is 0 Å². The molecule has 1 aliphatic heterocycles. The first-order valence-electron chi connectivity index (χ1n) is 26.9. The number of nitrogens with one attached hydrogen (secondary N) is 1. The van der Waals surface area contributed by atoms with Crippen molar-refractivity contribution in [1.29, 1.82) is 0 Å². The number of esters is 1. The van der Waals surface area contributed by atoms with E-state index in [9.17, 15) is 35.1 Å². The number of hydrogen-bond acceptors (Lipinski definition) is 10. The maximum absolute atomic E-state index is 12.9. The van der Waals surface area contributed by atoms with Crippen LogP contribution in [-0.4, -0.2) is 100 Å². The summed E-state index contributed by atoms with van der Waals surface area (Å²) in [6.07, 6.45) is 44.9. The molecule has 1 heterocycles. The largest absolute Gasteiger partial charge is 0.466 e. The second-order valence-corrected chi connectivity index (χ2v) is 18.6. The third kappa shape index (κ3) is 34.8. The lowest BCUT2D eigenvalue weighted by Crippen LogP contribution is -2.60. The number of aliphatic hydroxyl groups is 5. The maximum Gasteiger partial charge on any atom is 0.305 e. The molecule has 384 valence electrons. The van der Waals surface area contributed by atoms with Gasteiger partial charge in [0.25, 0.3) is 0 Å². The van der Waals surface area contributed by atoms with Crippen LogP contribution in [0.4, 0.5) is 0 Å². The van der Waals surface area contributed by atoms with Crippen LogP contribution >= 0.6 is 0 Å². The zero-order valence-corrected chi connectivity index (χ0v) is 41.9. The molecule has 0 aromatic rings. The Hall–Kier alpha value is -2.38. The number of ether oxygens (including phenoxy) is 3. The first-order valence-corrected chi connectivity index (χ1v) is 26.9. The molecule has 11 heteroatoms. The number of rotatable bonds is 45. The molecule has 0 spiro atoms. The van der Waals surface area contributed by atoms with E-state index in [1.807, 2.05) is 6.08 Å². The summed E-state index contributed by atoms with van der Waals surface area (Å²) < 4.78 is 16.6. The SMILES string of the molecule is CCCC/C=C\CCCCCCCC(=O)OCCCCCCCCCCC/C=C\CCCCCCCC(=O)NC(COC1OC(CO)C(O)C(O)C1O)C(O)/C=C/CC/C=C/CCCCC. The molecule has 0 aliphatic carbocycles. The van der Waals surface area contributed by atoms with Gasteiger partial charge in [0.05, 0.1) is 32.0 Å². The van der Waals surface area contributed by atoms with Gasteiger partial charge in [-0.15, -0.1) is 0 Å². The van der Waals surface area contributed by atoms with E-state index in [2.05, 4.69) is 55.6 Å². The van der Waals surface area contributed by atoms with E-state index in [0.29, 0.717) is 19.4 Å². The Morgan fingerprint density at radius 1 is 0.545 bits per heavy atom. The Bertz CT molecular complexity index is 1240. The van der Waals surface area contributed by atoms with E-state index in [1.54, 1.807) is 6.08 Å². The molecule has 1 amide bonds. The summed E-state index contributed by atoms with van der Waals surface area (Å²) in [5.74, 6) is -0.236. The number of allylic oxidation sites excluding steroid dienone is 7. The molecule has 0 radical (unpaired) electrons. The average Bonchev–Trinajstić information content (AvgIpc) is 3.31. The van der Waals surface area contributed by atoms with Gasteiger partial charge < -0.3 is 45.1 Å². The van der Waals surface area contributed by atoms with Crippen molar-refractivity contribution >= 4 is 11.9 Å². The second-order valence-electron chi connectivity index (χ2n) is 18.6. The lowest BCUT2D eigenvalue weighted by atomic mass is 9.99. The van der Waals surface area contributed by atoms with Crippen LogP contribution in [0, 0.1) is 0 Å². The lowest BCUT2D eigenvalue weighted by Gasteiger charge is -2.40. The molecular weight excluding hydrogens is 835 g/mol. The first-order chi connectivity index (χ1) is 32.2. The Labute approximate surface area is 402 Å². The lowest BCUT2D eigenvalue weighted by molar-refractivity contribution is -0.302. The van der Waals surface area contributed by atoms with Crippen molar-refractivity contribution in [3.05, 3.63) is 48.6 Å². The molecule has 1 fully saturated rings. The van der Waals surface area contributed by atoms with Gasteiger partial charge in [-0.3, -0.25) is 9.59 Å². The van der Waals surface area contributed by atoms with Gasteiger partial charge in [0.2, 0.25) is 5.91 Å². The number of amides is 1. The summed E-state index contributed by atoms with van der Waals surface area (Å²) >= 11 is 0. The highest BCUT2D eigenvalue weighted by Gasteiger charge is 2.44. The molecule has 1 rings (SSSR count). The molecule has 7 unspecified atom stereocenters. The molecule has 1 saturated heterocycles. The third-order valence-corrected chi connectivity index (χ3v) is 12.4. The summed E-state index contributed by atoms with van der Waals surface area (Å²) in [6, 6.07) is -0.836. The van der Waals surface area contributed by atoms with Crippen molar-refractivity contribution in [1.82, 2.24) is 5.32 Å². The molecule has 0 aromatic heterocycles. The predicted octanol–water partition coefficient (Wildman–Crippen LogP) is 11.3. The van der Waals surface area contributed by atoms with Crippen LogP contribution in [0.15, 0.2) is 48.6 Å². The minimum absolute atomic E-state index is 0.0257. The number of aliphatic hydroxyl groups excluding tert-OH is 5. The second kappa shape index (κ2) is 45.1. The highest BCUT2D eigenvalue weighted by Crippen LogP contribution is 2.23. The minimum Gasteiger partial charge on any atom is -0.466 e. The van der Waals surface area contributed by atoms with Crippen molar-refractivity contribution in [2.75, 3.05) is 19.8 Å². The van der Waals surface area contributed by atoms with Gasteiger partial charge in [0, 0.05) is 12.8 Å². The molecule has 0 bridgehead atoms. The molecule has 0 aromatic carbocycles. The summed E-state index contributed by atoms with van der Waals surface area (Å²) in [5, 5.41) is 54.1. The van der Waals surface area contributed by atoms with Gasteiger partial charge in [-0.1, -0.05) is 172 Å². The van der Waals surface area contributed by atoms with E-state index in [1.165, 1.54) is 109 Å². The number of unbranched alkanes of at least 4 members (excludes halogenated alkanes) is 25. The number of carbonyl (C=O) groups excluding carboxylic acids is 2. The zero-order valence-electron chi connectivity index (χ0n) is 41.9. The molecule has 11 nitrogen and oxygen atoms in total. The van der Waals surface area contributed by atoms with Gasteiger partial charge in [-0.05, 0) is 89.9 Å². The molecular formula is C55H99NO10. The number of carbonyl (C=O) groups is 2. The van der Waals surface area contributed by atoms with E-state index in [4.69, 9.17) is 14.2 Å². The van der Waals surface area contributed by atoms with E-state index >= 15 is 0 Å². The Morgan fingerprint density at radius 3 is 1.55 bits per heavy atom. The standard InChI is InChI=1S/C55H99NO10/c1-3-5-7-9-11-13-22-27-31-35-39-43-51(60)64-44-40-36-32-28-24-21-19-17-15-14-16-18-20-23-26-30-34-38-42-50(59)56-47(48(58)41-37-33-29-25-12-10-8-6-4-2)46-65-55-54(63)53(62)52(61)49(45-57)66-55/h9,11-12,16,18,25,37,41,47-49,52-55,57-58,61-63H,3-8,10,13-15,17,19-24,26-36,38-40,42-46H2,1-2H3,(H,56,59)/b11-9-,18-16-,25-12+,41-37+. The van der Waals surface area contributed by atoms with Crippen molar-refractivity contribution in [3.63, 3.8) is 0 Å². The van der Waals surface area contributed by atoms with Gasteiger partial charge >= 0.3 is 5.97 Å². The van der Waals surface area contributed by atoms with Crippen LogP contribution < -0.4 is 5.32 Å². The average molecular weight is 934 g/mol. The van der Waals surface area contributed by atoms with Gasteiger partial charge in [0.15, 0.2) is 6.29 Å². The van der Waals surface area contributed by atoms with Gasteiger partial charge in [0.1, 0.15) is 24.4 Å². The first kappa shape index (κ1) is 61.6. The summed E-state index contributed by atoms with van der Waals surface area (Å²) in [6.45, 7) is 4.19. The van der Waals surface area contributed by atoms with Crippen molar-refractivity contribution in [3.8, 4) is 0 Å². The van der Waals surface area contributed by atoms with E-state index in [0.717, 1.165) is 89.9 Å². The van der Waals surface area contributed by atoms with Crippen LogP contribution in [-0.2, 0) is 23.8 Å². The maximum atomic E-state index is 12.9. The van der Waals surface area contributed by atoms with Gasteiger partial charge in [-0.25, -0.2) is 0 Å². The van der Waals surface area contributed by atoms with E-state index < -0.39 is 49.5 Å². The topological polar surface area (TPSA) is 175 Å².